The third-order valence-electron chi connectivity index (χ3n) is 3.51. The van der Waals surface area contributed by atoms with E-state index in [4.69, 9.17) is 0 Å². The summed E-state index contributed by atoms with van der Waals surface area (Å²) < 4.78 is 0.959. The zero-order valence-electron chi connectivity index (χ0n) is 11.3. The zero-order chi connectivity index (χ0) is 13.1. The van der Waals surface area contributed by atoms with Gasteiger partial charge in [-0.1, -0.05) is 22.0 Å². The molecule has 1 fully saturated rings. The van der Waals surface area contributed by atoms with Crippen LogP contribution in [0, 0.1) is 6.92 Å². The van der Waals surface area contributed by atoms with Gasteiger partial charge >= 0.3 is 0 Å². The van der Waals surface area contributed by atoms with E-state index >= 15 is 0 Å². The lowest BCUT2D eigenvalue weighted by Gasteiger charge is -2.25. The first-order valence-electron chi connectivity index (χ1n) is 6.35. The number of amides is 1. The molecule has 5 heteroatoms. The van der Waals surface area contributed by atoms with Crippen LogP contribution < -0.4 is 5.32 Å². The van der Waals surface area contributed by atoms with Crippen molar-refractivity contribution in [1.82, 2.24) is 10.2 Å². The number of halogens is 2. The summed E-state index contributed by atoms with van der Waals surface area (Å²) in [6, 6.07) is 6.22. The van der Waals surface area contributed by atoms with E-state index in [0.29, 0.717) is 6.04 Å². The van der Waals surface area contributed by atoms with Gasteiger partial charge in [0.15, 0.2) is 0 Å². The number of benzene rings is 1. The summed E-state index contributed by atoms with van der Waals surface area (Å²) in [4.78, 5) is 14.6. The Kier molecular flexibility index (Phi) is 6.30. The van der Waals surface area contributed by atoms with Gasteiger partial charge in [0, 0.05) is 29.2 Å². The Morgan fingerprint density at radius 2 is 2.26 bits per heavy atom. The highest BCUT2D eigenvalue weighted by Crippen LogP contribution is 2.23. The van der Waals surface area contributed by atoms with Gasteiger partial charge < -0.3 is 10.2 Å². The molecule has 0 aromatic heterocycles. The van der Waals surface area contributed by atoms with Gasteiger partial charge in [-0.3, -0.25) is 4.79 Å². The van der Waals surface area contributed by atoms with Gasteiger partial charge in [0.2, 0.25) is 0 Å². The maximum absolute atomic E-state index is 12.6. The van der Waals surface area contributed by atoms with Gasteiger partial charge in [-0.15, -0.1) is 12.4 Å². The maximum atomic E-state index is 12.6. The summed E-state index contributed by atoms with van der Waals surface area (Å²) in [5.74, 6) is 0.159. The van der Waals surface area contributed by atoms with E-state index in [9.17, 15) is 4.79 Å². The van der Waals surface area contributed by atoms with Crippen molar-refractivity contribution in [3.05, 3.63) is 33.8 Å². The number of likely N-dealkylation sites (tertiary alicyclic amines) is 1. The Balaban J connectivity index is 0.00000180. The van der Waals surface area contributed by atoms with Crippen LogP contribution in [-0.2, 0) is 0 Å². The molecule has 1 aliphatic rings. The topological polar surface area (TPSA) is 32.3 Å². The smallest absolute Gasteiger partial charge is 0.254 e. The molecule has 106 valence electrons. The maximum Gasteiger partial charge on any atom is 0.254 e. The fourth-order valence-corrected chi connectivity index (χ4v) is 2.89. The zero-order valence-corrected chi connectivity index (χ0v) is 13.7. The molecule has 0 spiro atoms. The Labute approximate surface area is 129 Å². The van der Waals surface area contributed by atoms with Crippen molar-refractivity contribution < 1.29 is 4.79 Å². The molecule has 2 rings (SSSR count). The number of hydrogen-bond acceptors (Lipinski definition) is 2. The highest BCUT2D eigenvalue weighted by Gasteiger charge is 2.29. The first kappa shape index (κ1) is 16.5. The van der Waals surface area contributed by atoms with E-state index in [2.05, 4.69) is 21.2 Å². The van der Waals surface area contributed by atoms with Crippen LogP contribution in [0.5, 0.6) is 0 Å². The molecule has 0 saturated carbocycles. The number of carbonyl (C=O) groups excluding carboxylic acids is 1. The second-order valence-corrected chi connectivity index (χ2v) is 5.73. The average Bonchev–Trinajstić information content (AvgIpc) is 2.80. The third kappa shape index (κ3) is 3.71. The summed E-state index contributed by atoms with van der Waals surface area (Å²) >= 11 is 3.44. The third-order valence-corrected chi connectivity index (χ3v) is 4.00. The summed E-state index contributed by atoms with van der Waals surface area (Å²) in [5.41, 5.74) is 1.85. The van der Waals surface area contributed by atoms with Crippen molar-refractivity contribution >= 4 is 34.2 Å². The fraction of sp³-hybridized carbons (Fsp3) is 0.500. The Morgan fingerprint density at radius 1 is 1.53 bits per heavy atom. The molecular formula is C14H20BrClN2O. The molecule has 1 saturated heterocycles. The second-order valence-electron chi connectivity index (χ2n) is 4.81. The largest absolute Gasteiger partial charge is 0.334 e. The van der Waals surface area contributed by atoms with Crippen molar-refractivity contribution in [3.8, 4) is 0 Å². The molecule has 0 radical (unpaired) electrons. The number of hydrogen-bond donors (Lipinski definition) is 1. The monoisotopic (exact) mass is 346 g/mol. The van der Waals surface area contributed by atoms with Gasteiger partial charge in [-0.05, 0) is 44.5 Å². The standard InChI is InChI=1S/C14H19BrN2O.ClH/c1-10-5-6-11(15)8-13(10)14(18)17-7-3-4-12(17)9-16-2;/h5-6,8,12,16H,3-4,7,9H2,1-2H3;1H. The minimum atomic E-state index is 0. The molecule has 1 aromatic rings. The minimum Gasteiger partial charge on any atom is -0.334 e. The molecule has 1 aromatic carbocycles. The molecule has 1 aliphatic heterocycles. The molecule has 1 N–H and O–H groups in total. The van der Waals surface area contributed by atoms with Crippen molar-refractivity contribution in [2.45, 2.75) is 25.8 Å². The quantitative estimate of drug-likeness (QED) is 0.911. The molecular weight excluding hydrogens is 328 g/mol. The normalized spacial score (nSPS) is 18.3. The number of carbonyl (C=O) groups is 1. The summed E-state index contributed by atoms with van der Waals surface area (Å²) in [6.07, 6.45) is 2.20. The van der Waals surface area contributed by atoms with Crippen LogP contribution >= 0.6 is 28.3 Å². The van der Waals surface area contributed by atoms with E-state index in [-0.39, 0.29) is 18.3 Å². The minimum absolute atomic E-state index is 0. The van der Waals surface area contributed by atoms with Crippen LogP contribution in [0.3, 0.4) is 0 Å². The molecule has 1 unspecified atom stereocenters. The lowest BCUT2D eigenvalue weighted by molar-refractivity contribution is 0.0736. The van der Waals surface area contributed by atoms with E-state index in [1.54, 1.807) is 0 Å². The van der Waals surface area contributed by atoms with Gasteiger partial charge in [-0.2, -0.15) is 0 Å². The van der Waals surface area contributed by atoms with Gasteiger partial charge in [0.1, 0.15) is 0 Å². The number of nitrogens with zero attached hydrogens (tertiary/aromatic N) is 1. The number of aryl methyl sites for hydroxylation is 1. The predicted molar refractivity (Wildman–Crippen MR) is 84.1 cm³/mol. The summed E-state index contributed by atoms with van der Waals surface area (Å²) in [6.45, 7) is 3.73. The number of rotatable bonds is 3. The first-order valence-corrected chi connectivity index (χ1v) is 7.14. The molecule has 1 atom stereocenters. The van der Waals surface area contributed by atoms with Gasteiger partial charge in [-0.25, -0.2) is 0 Å². The predicted octanol–water partition coefficient (Wildman–Crippen LogP) is 3.00. The molecule has 1 amide bonds. The van der Waals surface area contributed by atoms with E-state index in [0.717, 1.165) is 41.5 Å². The van der Waals surface area contributed by atoms with E-state index in [1.165, 1.54) is 0 Å². The fourth-order valence-electron chi connectivity index (χ4n) is 2.53. The van der Waals surface area contributed by atoms with Crippen LogP contribution in [0.4, 0.5) is 0 Å². The van der Waals surface area contributed by atoms with Crippen LogP contribution in [0.1, 0.15) is 28.8 Å². The number of likely N-dealkylation sites (N-methyl/N-ethyl adjacent to an activating group) is 1. The summed E-state index contributed by atoms with van der Waals surface area (Å²) in [7, 11) is 1.94. The lowest BCUT2D eigenvalue weighted by Crippen LogP contribution is -2.41. The van der Waals surface area contributed by atoms with Crippen LogP contribution in [0.15, 0.2) is 22.7 Å². The highest BCUT2D eigenvalue weighted by atomic mass is 79.9. The first-order chi connectivity index (χ1) is 8.63. The Hall–Kier alpha value is -0.580. The van der Waals surface area contributed by atoms with Crippen molar-refractivity contribution in [2.75, 3.05) is 20.1 Å². The molecule has 0 aliphatic carbocycles. The number of nitrogens with one attached hydrogen (secondary N) is 1. The van der Waals surface area contributed by atoms with Gasteiger partial charge in [0.05, 0.1) is 0 Å². The lowest BCUT2D eigenvalue weighted by atomic mass is 10.1. The summed E-state index contributed by atoms with van der Waals surface area (Å²) in [5, 5.41) is 3.17. The highest BCUT2D eigenvalue weighted by molar-refractivity contribution is 9.10. The van der Waals surface area contributed by atoms with Crippen LogP contribution in [-0.4, -0.2) is 37.0 Å². The van der Waals surface area contributed by atoms with Crippen LogP contribution in [0.25, 0.3) is 0 Å². The van der Waals surface area contributed by atoms with E-state index in [1.807, 2.05) is 37.1 Å². The van der Waals surface area contributed by atoms with Gasteiger partial charge in [0.25, 0.3) is 5.91 Å². The SMILES string of the molecule is CNCC1CCCN1C(=O)c1cc(Br)ccc1C.Cl. The van der Waals surface area contributed by atoms with Crippen molar-refractivity contribution in [2.24, 2.45) is 0 Å². The molecule has 3 nitrogen and oxygen atoms in total. The molecule has 1 heterocycles. The second kappa shape index (κ2) is 7.27. The van der Waals surface area contributed by atoms with Crippen molar-refractivity contribution in [1.29, 1.82) is 0 Å². The molecule has 19 heavy (non-hydrogen) atoms. The van der Waals surface area contributed by atoms with Crippen LogP contribution in [0.2, 0.25) is 0 Å². The van der Waals surface area contributed by atoms with E-state index < -0.39 is 0 Å². The Morgan fingerprint density at radius 3 is 2.95 bits per heavy atom. The van der Waals surface area contributed by atoms with Crippen molar-refractivity contribution in [3.63, 3.8) is 0 Å². The molecule has 0 bridgehead atoms. The Bertz CT molecular complexity index is 453. The average molecular weight is 348 g/mol.